The molecule has 1 aliphatic carbocycles. The van der Waals surface area contributed by atoms with Gasteiger partial charge in [-0.25, -0.2) is 4.98 Å². The molecule has 3 aromatic rings. The van der Waals surface area contributed by atoms with E-state index in [4.69, 9.17) is 0 Å². The highest BCUT2D eigenvalue weighted by atomic mass is 19.4. The highest BCUT2D eigenvalue weighted by Gasteiger charge is 2.47. The van der Waals surface area contributed by atoms with Crippen molar-refractivity contribution in [3.8, 4) is 5.69 Å². The maximum absolute atomic E-state index is 13.4. The van der Waals surface area contributed by atoms with Crippen LogP contribution in [0.1, 0.15) is 28.8 Å². The van der Waals surface area contributed by atoms with E-state index in [0.717, 1.165) is 25.1 Å². The van der Waals surface area contributed by atoms with Crippen LogP contribution in [0.25, 0.3) is 5.69 Å². The molecule has 31 heavy (non-hydrogen) atoms. The summed E-state index contributed by atoms with van der Waals surface area (Å²) in [6.45, 7) is 0.656. The molecule has 1 amide bonds. The Morgan fingerprint density at radius 2 is 1.84 bits per heavy atom. The first-order chi connectivity index (χ1) is 14.9. The molecule has 2 aliphatic rings. The van der Waals surface area contributed by atoms with E-state index in [1.165, 1.54) is 10.9 Å². The second-order valence-electron chi connectivity index (χ2n) is 7.88. The van der Waals surface area contributed by atoms with Crippen LogP contribution in [-0.4, -0.2) is 49.4 Å². The van der Waals surface area contributed by atoms with E-state index in [9.17, 15) is 18.0 Å². The first-order valence-corrected chi connectivity index (χ1v) is 9.96. The topological polar surface area (TPSA) is 75.9 Å². The van der Waals surface area contributed by atoms with Crippen LogP contribution in [-0.2, 0) is 6.18 Å². The molecule has 3 heterocycles. The number of aromatic nitrogens is 4. The van der Waals surface area contributed by atoms with Crippen LogP contribution in [0.15, 0.2) is 55.0 Å². The summed E-state index contributed by atoms with van der Waals surface area (Å²) in [5.41, 5.74) is 0.332. The van der Waals surface area contributed by atoms with Gasteiger partial charge in [-0.3, -0.25) is 4.79 Å². The molecule has 1 N–H and O–H groups in total. The Morgan fingerprint density at radius 3 is 2.52 bits per heavy atom. The van der Waals surface area contributed by atoms with Crippen LogP contribution in [0.3, 0.4) is 0 Å². The number of hydrogen-bond donors (Lipinski definition) is 1. The van der Waals surface area contributed by atoms with Gasteiger partial charge in [0.05, 0.1) is 35.2 Å². The number of nitrogens with one attached hydrogen (secondary N) is 1. The van der Waals surface area contributed by atoms with Crippen LogP contribution >= 0.6 is 0 Å². The molecule has 2 aromatic heterocycles. The number of pyridine rings is 1. The monoisotopic (exact) mass is 428 g/mol. The molecule has 7 nitrogen and oxygen atoms in total. The number of amides is 1. The Morgan fingerprint density at radius 1 is 1.06 bits per heavy atom. The summed E-state index contributed by atoms with van der Waals surface area (Å²) in [5.74, 6) is 0.613. The zero-order valence-corrected chi connectivity index (χ0v) is 16.3. The molecule has 1 aromatic carbocycles. The van der Waals surface area contributed by atoms with E-state index < -0.39 is 11.7 Å². The van der Waals surface area contributed by atoms with Crippen molar-refractivity contribution in [1.82, 2.24) is 24.9 Å². The van der Waals surface area contributed by atoms with Gasteiger partial charge in [0.2, 0.25) is 0 Å². The van der Waals surface area contributed by atoms with Gasteiger partial charge in [-0.2, -0.15) is 28.2 Å². The van der Waals surface area contributed by atoms with Crippen molar-refractivity contribution in [2.45, 2.75) is 31.1 Å². The van der Waals surface area contributed by atoms with E-state index in [-0.39, 0.29) is 18.0 Å². The van der Waals surface area contributed by atoms with Crippen molar-refractivity contribution < 1.29 is 18.0 Å². The van der Waals surface area contributed by atoms with Gasteiger partial charge < -0.3 is 10.2 Å². The van der Waals surface area contributed by atoms with Crippen molar-refractivity contribution in [2.75, 3.05) is 11.9 Å². The maximum Gasteiger partial charge on any atom is 0.417 e. The number of alkyl halides is 3. The summed E-state index contributed by atoms with van der Waals surface area (Å²) in [6.07, 6.45) is 1.21. The zero-order chi connectivity index (χ0) is 21.6. The highest BCUT2D eigenvalue weighted by molar-refractivity contribution is 5.98. The number of carbonyl (C=O) groups is 1. The summed E-state index contributed by atoms with van der Waals surface area (Å²) in [4.78, 5) is 20.6. The number of fused-ring (bicyclic) bond motifs is 2. The fraction of sp³-hybridized carbons (Fsp3) is 0.333. The molecule has 1 saturated heterocycles. The molecule has 1 saturated carbocycles. The number of carbonyl (C=O) groups excluding carboxylic acids is 1. The second-order valence-corrected chi connectivity index (χ2v) is 7.88. The highest BCUT2D eigenvalue weighted by Crippen LogP contribution is 2.40. The van der Waals surface area contributed by atoms with Crippen LogP contribution in [0.2, 0.25) is 0 Å². The number of halogens is 3. The molecule has 3 atom stereocenters. The molecule has 1 aliphatic heterocycles. The Labute approximate surface area is 175 Å². The average molecular weight is 428 g/mol. The summed E-state index contributed by atoms with van der Waals surface area (Å²) < 4.78 is 38.3. The van der Waals surface area contributed by atoms with Gasteiger partial charge in [0.25, 0.3) is 5.91 Å². The number of likely N-dealkylation sites (tertiary alicyclic amines) is 1. The van der Waals surface area contributed by atoms with Crippen LogP contribution in [0.4, 0.5) is 19.0 Å². The third-order valence-electron chi connectivity index (χ3n) is 5.94. The van der Waals surface area contributed by atoms with Crippen molar-refractivity contribution in [2.24, 2.45) is 5.92 Å². The molecule has 2 bridgehead atoms. The molecular formula is C21H19F3N6O. The number of rotatable bonds is 4. The predicted molar refractivity (Wildman–Crippen MR) is 106 cm³/mol. The van der Waals surface area contributed by atoms with Gasteiger partial charge in [0, 0.05) is 18.8 Å². The third kappa shape index (κ3) is 3.62. The van der Waals surface area contributed by atoms with Crippen LogP contribution in [0.5, 0.6) is 0 Å². The van der Waals surface area contributed by atoms with Crippen molar-refractivity contribution >= 4 is 11.7 Å². The fourth-order valence-corrected chi connectivity index (χ4v) is 4.57. The lowest BCUT2D eigenvalue weighted by molar-refractivity contribution is -0.137. The summed E-state index contributed by atoms with van der Waals surface area (Å²) in [7, 11) is 0. The maximum atomic E-state index is 13.4. The number of benzene rings is 1. The SMILES string of the molecule is O=C(c1ccccc1-n1nccn1)N1C[C@@H]2C[C@@H](Nc3ccc(C(F)(F)F)cn3)[C@@H]1C2. The minimum atomic E-state index is -4.42. The molecule has 0 spiro atoms. The van der Waals surface area contributed by atoms with E-state index in [1.54, 1.807) is 30.6 Å². The Kier molecular flexibility index (Phi) is 4.64. The quantitative estimate of drug-likeness (QED) is 0.690. The van der Waals surface area contributed by atoms with Gasteiger partial charge in [-0.1, -0.05) is 12.1 Å². The predicted octanol–water partition coefficient (Wildman–Crippen LogP) is 3.40. The Hall–Kier alpha value is -3.43. The number of hydrogen-bond acceptors (Lipinski definition) is 5. The van der Waals surface area contributed by atoms with Gasteiger partial charge in [0.1, 0.15) is 5.82 Å². The summed E-state index contributed by atoms with van der Waals surface area (Å²) in [6, 6.07) is 9.40. The van der Waals surface area contributed by atoms with Crippen LogP contribution in [0, 0.1) is 5.92 Å². The number of anilines is 1. The lowest BCUT2D eigenvalue weighted by atomic mass is 10.0. The first kappa shape index (κ1) is 19.5. The zero-order valence-electron chi connectivity index (χ0n) is 16.3. The van der Waals surface area contributed by atoms with E-state index >= 15 is 0 Å². The number of para-hydroxylation sites is 1. The van der Waals surface area contributed by atoms with E-state index in [2.05, 4.69) is 20.5 Å². The molecule has 0 radical (unpaired) electrons. The summed E-state index contributed by atoms with van der Waals surface area (Å²) >= 11 is 0. The minimum absolute atomic E-state index is 0.0553. The van der Waals surface area contributed by atoms with Crippen molar-refractivity contribution in [3.05, 3.63) is 66.1 Å². The number of piperidine rings is 1. The van der Waals surface area contributed by atoms with Crippen molar-refractivity contribution in [3.63, 3.8) is 0 Å². The lowest BCUT2D eigenvalue weighted by Gasteiger charge is -2.34. The van der Waals surface area contributed by atoms with E-state index in [0.29, 0.717) is 29.5 Å². The molecule has 10 heteroatoms. The molecular weight excluding hydrogens is 409 g/mol. The lowest BCUT2D eigenvalue weighted by Crippen LogP contribution is -2.48. The fourth-order valence-electron chi connectivity index (χ4n) is 4.57. The Bertz CT molecular complexity index is 1080. The van der Waals surface area contributed by atoms with E-state index in [1.807, 2.05) is 11.0 Å². The van der Waals surface area contributed by atoms with Gasteiger partial charge >= 0.3 is 6.18 Å². The largest absolute Gasteiger partial charge is 0.417 e. The average Bonchev–Trinajstić information content (AvgIpc) is 3.50. The minimum Gasteiger partial charge on any atom is -0.365 e. The Balaban J connectivity index is 1.35. The molecule has 160 valence electrons. The second kappa shape index (κ2) is 7.36. The first-order valence-electron chi connectivity index (χ1n) is 9.96. The van der Waals surface area contributed by atoms with Gasteiger partial charge in [0.15, 0.2) is 0 Å². The number of nitrogens with zero attached hydrogens (tertiary/aromatic N) is 5. The summed E-state index contributed by atoms with van der Waals surface area (Å²) in [5, 5.41) is 11.5. The van der Waals surface area contributed by atoms with Gasteiger partial charge in [-0.15, -0.1) is 0 Å². The van der Waals surface area contributed by atoms with Gasteiger partial charge in [-0.05, 0) is 43.0 Å². The normalized spacial score (nSPS) is 22.7. The molecule has 0 unspecified atom stereocenters. The molecule has 5 rings (SSSR count). The molecule has 2 fully saturated rings. The van der Waals surface area contributed by atoms with Crippen molar-refractivity contribution in [1.29, 1.82) is 0 Å². The van der Waals surface area contributed by atoms with Crippen LogP contribution < -0.4 is 5.32 Å². The standard InChI is InChI=1S/C21H19F3N6O/c22-21(23,24)14-5-6-19(25-11-14)28-16-9-13-10-18(16)29(12-13)20(31)15-3-1-2-4-17(15)30-26-7-8-27-30/h1-8,11,13,16,18H,9-10,12H2,(H,25,28)/t13-,16-,18+/m1/s1. The third-order valence-corrected chi connectivity index (χ3v) is 5.94. The smallest absolute Gasteiger partial charge is 0.365 e.